The summed E-state index contributed by atoms with van der Waals surface area (Å²) in [4.78, 5) is 16.8. The number of aromatic amines is 1. The molecule has 2 heterocycles. The monoisotopic (exact) mass is 244 g/mol. The summed E-state index contributed by atoms with van der Waals surface area (Å²) in [5, 5.41) is 10.1. The molecule has 94 valence electrons. The number of nitrogens with one attached hydrogen (secondary N) is 1. The minimum atomic E-state index is -0.863. The fourth-order valence-electron chi connectivity index (χ4n) is 2.65. The van der Waals surface area contributed by atoms with Crippen LogP contribution < -0.4 is 0 Å². The number of H-pyrrole nitrogens is 1. The molecule has 0 aliphatic carbocycles. The summed E-state index contributed by atoms with van der Waals surface area (Å²) < 4.78 is 0. The lowest BCUT2D eigenvalue weighted by atomic mass is 10.0. The van der Waals surface area contributed by atoms with Gasteiger partial charge in [-0.3, -0.25) is 0 Å². The summed E-state index contributed by atoms with van der Waals surface area (Å²) in [6, 6.07) is 5.32. The topological polar surface area (TPSA) is 56.3 Å². The third-order valence-corrected chi connectivity index (χ3v) is 3.73. The lowest BCUT2D eigenvalue weighted by Crippen LogP contribution is -2.21. The number of carboxylic acid groups (broad SMARTS) is 1. The molecule has 2 N–H and O–H groups in total. The van der Waals surface area contributed by atoms with Gasteiger partial charge in [0.1, 0.15) is 0 Å². The van der Waals surface area contributed by atoms with Gasteiger partial charge >= 0.3 is 5.97 Å². The summed E-state index contributed by atoms with van der Waals surface area (Å²) in [6.07, 6.45) is 1.98. The summed E-state index contributed by atoms with van der Waals surface area (Å²) in [6.45, 7) is 2.07. The van der Waals surface area contributed by atoms with Gasteiger partial charge in [-0.1, -0.05) is 0 Å². The van der Waals surface area contributed by atoms with E-state index in [1.807, 2.05) is 6.07 Å². The largest absolute Gasteiger partial charge is 0.478 e. The van der Waals surface area contributed by atoms with Crippen molar-refractivity contribution >= 4 is 16.9 Å². The molecule has 1 aromatic carbocycles. The van der Waals surface area contributed by atoms with Crippen LogP contribution in [0, 0.1) is 0 Å². The zero-order chi connectivity index (χ0) is 12.7. The van der Waals surface area contributed by atoms with Crippen LogP contribution in [0.25, 0.3) is 10.9 Å². The minimum absolute atomic E-state index is 0.363. The number of rotatable bonds is 1. The van der Waals surface area contributed by atoms with E-state index in [1.54, 1.807) is 12.1 Å². The summed E-state index contributed by atoms with van der Waals surface area (Å²) >= 11 is 0. The van der Waals surface area contributed by atoms with Gasteiger partial charge in [-0.25, -0.2) is 4.79 Å². The summed E-state index contributed by atoms with van der Waals surface area (Å²) in [5.74, 6) is -0.863. The molecule has 18 heavy (non-hydrogen) atoms. The number of benzene rings is 1. The first-order valence-electron chi connectivity index (χ1n) is 6.20. The first kappa shape index (κ1) is 11.3. The van der Waals surface area contributed by atoms with E-state index in [-0.39, 0.29) is 0 Å². The van der Waals surface area contributed by atoms with Crippen LogP contribution >= 0.6 is 0 Å². The first-order valence-corrected chi connectivity index (χ1v) is 6.20. The molecule has 0 saturated carbocycles. The van der Waals surface area contributed by atoms with Gasteiger partial charge < -0.3 is 15.0 Å². The van der Waals surface area contributed by atoms with Crippen molar-refractivity contribution in [2.24, 2.45) is 0 Å². The highest BCUT2D eigenvalue weighted by Crippen LogP contribution is 2.26. The maximum Gasteiger partial charge on any atom is 0.335 e. The molecular weight excluding hydrogens is 228 g/mol. The van der Waals surface area contributed by atoms with Crippen molar-refractivity contribution in [1.82, 2.24) is 9.88 Å². The van der Waals surface area contributed by atoms with E-state index >= 15 is 0 Å². The summed E-state index contributed by atoms with van der Waals surface area (Å²) in [5.41, 5.74) is 3.96. The van der Waals surface area contributed by atoms with Crippen molar-refractivity contribution in [2.75, 3.05) is 20.1 Å². The normalized spacial score (nSPS) is 16.5. The van der Waals surface area contributed by atoms with Gasteiger partial charge in [0.25, 0.3) is 0 Å². The van der Waals surface area contributed by atoms with Gasteiger partial charge in [-0.15, -0.1) is 0 Å². The molecule has 0 radical (unpaired) electrons. The predicted octanol–water partition coefficient (Wildman–Crippen LogP) is 1.90. The number of carbonyl (C=O) groups is 1. The lowest BCUT2D eigenvalue weighted by Gasteiger charge is -2.11. The quantitative estimate of drug-likeness (QED) is 0.805. The average molecular weight is 244 g/mol. The van der Waals surface area contributed by atoms with Gasteiger partial charge in [0.15, 0.2) is 0 Å². The van der Waals surface area contributed by atoms with Gasteiger partial charge in [0.05, 0.1) is 5.56 Å². The maximum atomic E-state index is 11.0. The molecule has 3 rings (SSSR count). The van der Waals surface area contributed by atoms with E-state index in [4.69, 9.17) is 5.11 Å². The standard InChI is InChI=1S/C14H16N2O2/c1-16-6-4-10-11-8-9(14(17)18)2-3-12(11)15-13(10)5-7-16/h2-3,8,15H,4-7H2,1H3,(H,17,18). The Hall–Kier alpha value is -1.81. The second-order valence-corrected chi connectivity index (χ2v) is 4.95. The van der Waals surface area contributed by atoms with Crippen molar-refractivity contribution in [3.8, 4) is 0 Å². The van der Waals surface area contributed by atoms with E-state index < -0.39 is 5.97 Å². The van der Waals surface area contributed by atoms with E-state index in [2.05, 4.69) is 16.9 Å². The molecule has 1 aliphatic rings. The molecule has 4 nitrogen and oxygen atoms in total. The molecule has 0 unspecified atom stereocenters. The van der Waals surface area contributed by atoms with Crippen molar-refractivity contribution in [1.29, 1.82) is 0 Å². The van der Waals surface area contributed by atoms with Crippen LogP contribution in [-0.4, -0.2) is 41.1 Å². The van der Waals surface area contributed by atoms with Crippen LogP contribution in [-0.2, 0) is 12.8 Å². The molecule has 1 aromatic heterocycles. The number of hydrogen-bond donors (Lipinski definition) is 2. The third kappa shape index (κ3) is 1.78. The van der Waals surface area contributed by atoms with E-state index in [0.717, 1.165) is 36.8 Å². The number of hydrogen-bond acceptors (Lipinski definition) is 2. The molecule has 2 aromatic rings. The number of aromatic nitrogens is 1. The summed E-state index contributed by atoms with van der Waals surface area (Å²) in [7, 11) is 2.12. The Balaban J connectivity index is 2.14. The zero-order valence-corrected chi connectivity index (χ0v) is 10.4. The molecule has 4 heteroatoms. The average Bonchev–Trinajstić information content (AvgIpc) is 2.60. The Morgan fingerprint density at radius 3 is 2.89 bits per heavy atom. The molecule has 1 aliphatic heterocycles. The van der Waals surface area contributed by atoms with Crippen LogP contribution in [0.2, 0.25) is 0 Å². The minimum Gasteiger partial charge on any atom is -0.478 e. The Kier molecular flexibility index (Phi) is 2.59. The second-order valence-electron chi connectivity index (χ2n) is 4.95. The molecule has 0 bridgehead atoms. The Morgan fingerprint density at radius 1 is 1.33 bits per heavy atom. The lowest BCUT2D eigenvalue weighted by molar-refractivity contribution is 0.0697. The van der Waals surface area contributed by atoms with Gasteiger partial charge in [0, 0.05) is 36.1 Å². The van der Waals surface area contributed by atoms with Crippen LogP contribution in [0.3, 0.4) is 0 Å². The second kappa shape index (κ2) is 4.14. The van der Waals surface area contributed by atoms with Gasteiger partial charge in [-0.2, -0.15) is 0 Å². The number of carboxylic acids is 1. The van der Waals surface area contributed by atoms with Gasteiger partial charge in [-0.05, 0) is 37.2 Å². The number of nitrogens with zero attached hydrogens (tertiary/aromatic N) is 1. The zero-order valence-electron chi connectivity index (χ0n) is 10.4. The molecule has 0 atom stereocenters. The Labute approximate surface area is 105 Å². The number of likely N-dealkylation sites (N-methyl/N-ethyl adjacent to an activating group) is 1. The molecule has 0 saturated heterocycles. The highest BCUT2D eigenvalue weighted by molar-refractivity contribution is 5.95. The maximum absolute atomic E-state index is 11.0. The number of aromatic carboxylic acids is 1. The van der Waals surface area contributed by atoms with Crippen LogP contribution in [0.5, 0.6) is 0 Å². The first-order chi connectivity index (χ1) is 8.65. The Bertz CT molecular complexity index is 616. The number of fused-ring (bicyclic) bond motifs is 3. The van der Waals surface area contributed by atoms with Crippen molar-refractivity contribution < 1.29 is 9.90 Å². The van der Waals surface area contributed by atoms with Crippen LogP contribution in [0.1, 0.15) is 21.6 Å². The van der Waals surface area contributed by atoms with Crippen LogP contribution in [0.15, 0.2) is 18.2 Å². The fraction of sp³-hybridized carbons (Fsp3) is 0.357. The van der Waals surface area contributed by atoms with Crippen molar-refractivity contribution in [3.63, 3.8) is 0 Å². The van der Waals surface area contributed by atoms with Gasteiger partial charge in [0.2, 0.25) is 0 Å². The highest BCUT2D eigenvalue weighted by atomic mass is 16.4. The van der Waals surface area contributed by atoms with Crippen LogP contribution in [0.4, 0.5) is 0 Å². The van der Waals surface area contributed by atoms with Crippen molar-refractivity contribution in [3.05, 3.63) is 35.0 Å². The molecular formula is C14H16N2O2. The molecule has 0 fully saturated rings. The van der Waals surface area contributed by atoms with E-state index in [1.165, 1.54) is 11.3 Å². The molecule has 0 spiro atoms. The van der Waals surface area contributed by atoms with E-state index in [0.29, 0.717) is 5.56 Å². The Morgan fingerprint density at radius 2 is 2.11 bits per heavy atom. The molecule has 0 amide bonds. The highest BCUT2D eigenvalue weighted by Gasteiger charge is 2.17. The predicted molar refractivity (Wildman–Crippen MR) is 70.2 cm³/mol. The third-order valence-electron chi connectivity index (χ3n) is 3.73. The van der Waals surface area contributed by atoms with Crippen molar-refractivity contribution in [2.45, 2.75) is 12.8 Å². The fourth-order valence-corrected chi connectivity index (χ4v) is 2.65. The SMILES string of the molecule is CN1CCc2[nH]c3ccc(C(=O)O)cc3c2CC1. The smallest absolute Gasteiger partial charge is 0.335 e. The van der Waals surface area contributed by atoms with E-state index in [9.17, 15) is 4.79 Å².